The topological polar surface area (TPSA) is 66.6 Å². The summed E-state index contributed by atoms with van der Waals surface area (Å²) in [5.74, 6) is -0.920. The number of fused-ring (bicyclic) bond motifs is 1. The molecule has 2 heterocycles. The molecule has 3 aromatic rings. The zero-order valence-electron chi connectivity index (χ0n) is 14.2. The van der Waals surface area contributed by atoms with Crippen LogP contribution in [0.3, 0.4) is 0 Å². The van der Waals surface area contributed by atoms with E-state index >= 15 is 0 Å². The van der Waals surface area contributed by atoms with Crippen LogP contribution in [0.1, 0.15) is 29.5 Å². The van der Waals surface area contributed by atoms with Gasteiger partial charge in [-0.05, 0) is 60.2 Å². The summed E-state index contributed by atoms with van der Waals surface area (Å²) in [6.07, 6.45) is 8.44. The number of hydrogen-bond acceptors (Lipinski definition) is 3. The van der Waals surface area contributed by atoms with Crippen molar-refractivity contribution in [2.75, 3.05) is 0 Å². The summed E-state index contributed by atoms with van der Waals surface area (Å²) >= 11 is 0. The molecule has 0 saturated carbocycles. The zero-order chi connectivity index (χ0) is 18.3. The minimum atomic E-state index is -1.10. The van der Waals surface area contributed by atoms with Crippen molar-refractivity contribution < 1.29 is 14.4 Å². The van der Waals surface area contributed by atoms with E-state index in [4.69, 9.17) is 0 Å². The third-order valence-corrected chi connectivity index (χ3v) is 5.23. The number of aromatic nitrogens is 2. The Bertz CT molecular complexity index is 1040. The first-order chi connectivity index (χ1) is 12.5. The fourth-order valence-electron chi connectivity index (χ4n) is 3.82. The Labute approximate surface area is 149 Å². The molecule has 1 aliphatic rings. The Kier molecular flexibility index (Phi) is 3.85. The Morgan fingerprint density at radius 1 is 1.35 bits per heavy atom. The zero-order valence-corrected chi connectivity index (χ0v) is 14.2. The Morgan fingerprint density at radius 3 is 3.00 bits per heavy atom. The second-order valence-electron chi connectivity index (χ2n) is 6.60. The molecular weight excluding hydrogens is 333 g/mol. The highest BCUT2D eigenvalue weighted by atomic mass is 19.1. The predicted molar refractivity (Wildman–Crippen MR) is 95.1 cm³/mol. The van der Waals surface area contributed by atoms with Crippen LogP contribution < -0.4 is 5.48 Å². The lowest BCUT2D eigenvalue weighted by Gasteiger charge is -2.27. The van der Waals surface area contributed by atoms with Gasteiger partial charge in [0.15, 0.2) is 0 Å². The quantitative estimate of drug-likeness (QED) is 0.561. The molecular formula is C20H18FN3O2. The molecule has 1 amide bonds. The number of carbonyl (C=O) groups excluding carboxylic acids is 1. The number of nitrogens with zero attached hydrogens (tertiary/aromatic N) is 2. The fourth-order valence-corrected chi connectivity index (χ4v) is 3.82. The summed E-state index contributed by atoms with van der Waals surface area (Å²) in [6, 6.07) is 8.62. The van der Waals surface area contributed by atoms with Crippen LogP contribution in [0.25, 0.3) is 11.2 Å². The third-order valence-electron chi connectivity index (χ3n) is 5.23. The first-order valence-electron chi connectivity index (χ1n) is 8.40. The Balaban J connectivity index is 1.86. The van der Waals surface area contributed by atoms with Gasteiger partial charge in [0.2, 0.25) is 0 Å². The molecule has 0 radical (unpaired) electrons. The molecule has 1 aliphatic carbocycles. The van der Waals surface area contributed by atoms with Gasteiger partial charge in [0.1, 0.15) is 11.5 Å². The van der Waals surface area contributed by atoms with Crippen LogP contribution in [0.2, 0.25) is 0 Å². The maximum atomic E-state index is 14.1. The van der Waals surface area contributed by atoms with Crippen LogP contribution in [0.5, 0.6) is 0 Å². The number of imidazole rings is 1. The molecule has 0 fully saturated rings. The Hall–Kier alpha value is -2.99. The standard InChI is InChI=1S/C20H18FN3O2/c1-13-16(3-2-4-17(13)21)20(19(25)23-26)7-5-15(12-20)14-6-9-24-10-8-22-18(24)11-14/h2-4,6,8-12,26H,5,7H2,1H3,(H,23,25)/t20-/m0/s1. The van der Waals surface area contributed by atoms with E-state index in [-0.39, 0.29) is 5.82 Å². The van der Waals surface area contributed by atoms with Gasteiger partial charge in [-0.1, -0.05) is 18.2 Å². The van der Waals surface area contributed by atoms with Crippen LogP contribution >= 0.6 is 0 Å². The molecule has 6 heteroatoms. The minimum Gasteiger partial charge on any atom is -0.307 e. The number of rotatable bonds is 3. The van der Waals surface area contributed by atoms with Crippen LogP contribution in [0, 0.1) is 12.7 Å². The van der Waals surface area contributed by atoms with E-state index in [0.29, 0.717) is 24.0 Å². The number of pyridine rings is 1. The molecule has 26 heavy (non-hydrogen) atoms. The third kappa shape index (κ3) is 2.42. The van der Waals surface area contributed by atoms with Crippen molar-refractivity contribution in [3.8, 4) is 0 Å². The molecule has 132 valence electrons. The average molecular weight is 351 g/mol. The average Bonchev–Trinajstić information content (AvgIpc) is 3.30. The highest BCUT2D eigenvalue weighted by molar-refractivity contribution is 5.94. The number of benzene rings is 1. The van der Waals surface area contributed by atoms with Crippen LogP contribution in [-0.4, -0.2) is 20.5 Å². The van der Waals surface area contributed by atoms with Gasteiger partial charge in [-0.25, -0.2) is 14.9 Å². The van der Waals surface area contributed by atoms with Gasteiger partial charge in [-0.3, -0.25) is 10.0 Å². The van der Waals surface area contributed by atoms with E-state index in [1.807, 2.05) is 35.0 Å². The number of amides is 1. The molecule has 0 saturated heterocycles. The highest BCUT2D eigenvalue weighted by Gasteiger charge is 2.43. The molecule has 0 unspecified atom stereocenters. The summed E-state index contributed by atoms with van der Waals surface area (Å²) in [6.45, 7) is 1.65. The number of hydroxylamine groups is 1. The number of nitrogens with one attached hydrogen (secondary N) is 1. The van der Waals surface area contributed by atoms with E-state index in [1.54, 1.807) is 30.7 Å². The van der Waals surface area contributed by atoms with Crippen molar-refractivity contribution in [1.29, 1.82) is 0 Å². The van der Waals surface area contributed by atoms with Crippen LogP contribution in [0.4, 0.5) is 4.39 Å². The Morgan fingerprint density at radius 2 is 2.19 bits per heavy atom. The number of halogens is 1. The molecule has 2 N–H and O–H groups in total. The largest absolute Gasteiger partial charge is 0.307 e. The fraction of sp³-hybridized carbons (Fsp3) is 0.200. The molecule has 4 rings (SSSR count). The first kappa shape index (κ1) is 16.5. The smallest absolute Gasteiger partial charge is 0.257 e. The van der Waals surface area contributed by atoms with Gasteiger partial charge < -0.3 is 4.40 Å². The monoisotopic (exact) mass is 351 g/mol. The van der Waals surface area contributed by atoms with Gasteiger partial charge in [-0.2, -0.15) is 0 Å². The molecule has 5 nitrogen and oxygen atoms in total. The molecule has 0 aliphatic heterocycles. The van der Waals surface area contributed by atoms with Gasteiger partial charge >= 0.3 is 0 Å². The molecule has 1 aromatic carbocycles. The van der Waals surface area contributed by atoms with Gasteiger partial charge in [0, 0.05) is 18.6 Å². The van der Waals surface area contributed by atoms with Crippen LogP contribution in [0.15, 0.2) is 55.0 Å². The van der Waals surface area contributed by atoms with Crippen molar-refractivity contribution in [2.45, 2.75) is 25.2 Å². The van der Waals surface area contributed by atoms with Crippen molar-refractivity contribution in [2.24, 2.45) is 0 Å². The first-order valence-corrected chi connectivity index (χ1v) is 8.40. The van der Waals surface area contributed by atoms with E-state index < -0.39 is 11.3 Å². The normalized spacial score (nSPS) is 19.6. The second-order valence-corrected chi connectivity index (χ2v) is 6.60. The van der Waals surface area contributed by atoms with E-state index in [2.05, 4.69) is 4.98 Å². The second kappa shape index (κ2) is 6.07. The summed E-state index contributed by atoms with van der Waals surface area (Å²) in [4.78, 5) is 16.9. The van der Waals surface area contributed by atoms with Gasteiger partial charge in [-0.15, -0.1) is 0 Å². The molecule has 1 atom stereocenters. The SMILES string of the molecule is Cc1c(F)cccc1[C@@]1(C(=O)NO)C=C(c2ccn3ccnc3c2)CC1. The van der Waals surface area contributed by atoms with E-state index in [9.17, 15) is 14.4 Å². The predicted octanol–water partition coefficient (Wildman–Crippen LogP) is 3.40. The number of carbonyl (C=O) groups is 1. The summed E-state index contributed by atoms with van der Waals surface area (Å²) < 4.78 is 16.0. The summed E-state index contributed by atoms with van der Waals surface area (Å²) in [5.41, 5.74) is 4.41. The van der Waals surface area contributed by atoms with Gasteiger partial charge in [0.25, 0.3) is 5.91 Å². The lowest BCUT2D eigenvalue weighted by molar-refractivity contribution is -0.133. The highest BCUT2D eigenvalue weighted by Crippen LogP contribution is 2.44. The van der Waals surface area contributed by atoms with Crippen LogP contribution in [-0.2, 0) is 10.2 Å². The lowest BCUT2D eigenvalue weighted by Crippen LogP contribution is -2.41. The van der Waals surface area contributed by atoms with Gasteiger partial charge in [0.05, 0.1) is 5.41 Å². The molecule has 0 bridgehead atoms. The molecule has 0 spiro atoms. The summed E-state index contributed by atoms with van der Waals surface area (Å²) in [7, 11) is 0. The van der Waals surface area contributed by atoms with E-state index in [0.717, 1.165) is 16.8 Å². The lowest BCUT2D eigenvalue weighted by atomic mass is 9.77. The van der Waals surface area contributed by atoms with Crippen molar-refractivity contribution in [3.63, 3.8) is 0 Å². The van der Waals surface area contributed by atoms with E-state index in [1.165, 1.54) is 6.07 Å². The molecule has 2 aromatic heterocycles. The maximum absolute atomic E-state index is 14.1. The number of hydrogen-bond donors (Lipinski definition) is 2. The van der Waals surface area contributed by atoms with Crippen molar-refractivity contribution in [3.05, 3.63) is 77.5 Å². The maximum Gasteiger partial charge on any atom is 0.257 e. The number of allylic oxidation sites excluding steroid dienone is 1. The summed E-state index contributed by atoms with van der Waals surface area (Å²) in [5, 5.41) is 9.32. The van der Waals surface area contributed by atoms with Crippen molar-refractivity contribution in [1.82, 2.24) is 14.9 Å². The van der Waals surface area contributed by atoms with Crippen molar-refractivity contribution >= 4 is 17.1 Å². The minimum absolute atomic E-state index is 0.367.